The molecule has 4 aromatic rings. The number of hydrogen-bond donors (Lipinski definition) is 1. The SMILES string of the molecule is CC(=O)C(C)CCn1c(Sc2cc3c(cc2-c2nccs2)OCO3)nc2c(N)ncnc21. The molecule has 1 atom stereocenters. The fourth-order valence-corrected chi connectivity index (χ4v) is 5.16. The third kappa shape index (κ3) is 3.78. The second kappa shape index (κ2) is 8.40. The van der Waals surface area contributed by atoms with E-state index in [1.54, 1.807) is 24.5 Å². The highest BCUT2D eigenvalue weighted by Crippen LogP contribution is 2.45. The molecular formula is C21H20N6O3S2. The van der Waals surface area contributed by atoms with Crippen molar-refractivity contribution in [2.75, 3.05) is 12.5 Å². The van der Waals surface area contributed by atoms with Crippen LogP contribution in [0.2, 0.25) is 0 Å². The number of hydrogen-bond acceptors (Lipinski definition) is 10. The van der Waals surface area contributed by atoms with Gasteiger partial charge >= 0.3 is 0 Å². The third-order valence-electron chi connectivity index (χ3n) is 5.34. The highest BCUT2D eigenvalue weighted by molar-refractivity contribution is 7.99. The number of nitrogens with two attached hydrogens (primary N) is 1. The van der Waals surface area contributed by atoms with Gasteiger partial charge in [-0.25, -0.2) is 19.9 Å². The average molecular weight is 469 g/mol. The van der Waals surface area contributed by atoms with E-state index in [1.165, 1.54) is 18.1 Å². The van der Waals surface area contributed by atoms with Crippen molar-refractivity contribution >= 4 is 45.9 Å². The molecule has 0 saturated heterocycles. The second-order valence-electron chi connectivity index (χ2n) is 7.42. The molecule has 1 aliphatic heterocycles. The van der Waals surface area contributed by atoms with Gasteiger partial charge in [0.15, 0.2) is 33.6 Å². The maximum Gasteiger partial charge on any atom is 0.231 e. The number of thiazole rings is 1. The number of carbonyl (C=O) groups is 1. The number of carbonyl (C=O) groups excluding carboxylic acids is 1. The number of anilines is 1. The Morgan fingerprint density at radius 3 is 2.84 bits per heavy atom. The van der Waals surface area contributed by atoms with E-state index in [0.717, 1.165) is 15.5 Å². The van der Waals surface area contributed by atoms with Crippen molar-refractivity contribution < 1.29 is 14.3 Å². The number of nitrogens with zero attached hydrogens (tertiary/aromatic N) is 5. The lowest BCUT2D eigenvalue weighted by Gasteiger charge is -2.13. The molecule has 9 nitrogen and oxygen atoms in total. The highest BCUT2D eigenvalue weighted by atomic mass is 32.2. The highest BCUT2D eigenvalue weighted by Gasteiger charge is 2.23. The van der Waals surface area contributed by atoms with Crippen LogP contribution in [0, 0.1) is 5.92 Å². The fourth-order valence-electron chi connectivity index (χ4n) is 3.37. The lowest BCUT2D eigenvalue weighted by molar-refractivity contribution is -0.120. The van der Waals surface area contributed by atoms with Crippen LogP contribution in [0.1, 0.15) is 20.3 Å². The molecule has 1 unspecified atom stereocenters. The van der Waals surface area contributed by atoms with Crippen molar-refractivity contribution in [2.45, 2.75) is 36.9 Å². The normalized spacial score (nSPS) is 13.6. The van der Waals surface area contributed by atoms with Crippen molar-refractivity contribution in [2.24, 2.45) is 5.92 Å². The summed E-state index contributed by atoms with van der Waals surface area (Å²) in [5, 5.41) is 3.51. The first-order chi connectivity index (χ1) is 15.5. The minimum Gasteiger partial charge on any atom is -0.454 e. The summed E-state index contributed by atoms with van der Waals surface area (Å²) in [6, 6.07) is 3.89. The van der Waals surface area contributed by atoms with Crippen LogP contribution >= 0.6 is 23.1 Å². The summed E-state index contributed by atoms with van der Waals surface area (Å²) in [5.41, 5.74) is 8.21. The van der Waals surface area contributed by atoms with Gasteiger partial charge in [-0.1, -0.05) is 18.7 Å². The van der Waals surface area contributed by atoms with Gasteiger partial charge in [0, 0.05) is 34.5 Å². The number of aromatic nitrogens is 5. The standard InChI is InChI=1S/C21H20N6O3S2/c1-11(12(2)28)3-5-27-19-17(18(22)24-9-25-19)26-21(27)32-16-8-15-14(29-10-30-15)7-13(16)20-23-4-6-31-20/h4,6-9,11H,3,5,10H2,1-2H3,(H2,22,24,25). The molecule has 5 rings (SSSR count). The molecule has 2 N–H and O–H groups in total. The summed E-state index contributed by atoms with van der Waals surface area (Å²) in [5.74, 6) is 1.78. The first kappa shape index (κ1) is 20.7. The minimum absolute atomic E-state index is 0.0686. The van der Waals surface area contributed by atoms with E-state index in [-0.39, 0.29) is 18.5 Å². The average Bonchev–Trinajstić information content (AvgIpc) is 3.52. The molecule has 0 saturated carbocycles. The molecule has 11 heteroatoms. The first-order valence-electron chi connectivity index (χ1n) is 9.99. The van der Waals surface area contributed by atoms with Crippen LogP contribution in [0.4, 0.5) is 5.82 Å². The van der Waals surface area contributed by atoms with Crippen LogP contribution in [-0.4, -0.2) is 37.1 Å². The van der Waals surface area contributed by atoms with E-state index in [9.17, 15) is 4.79 Å². The third-order valence-corrected chi connectivity index (χ3v) is 7.20. The van der Waals surface area contributed by atoms with Gasteiger partial charge in [0.2, 0.25) is 6.79 Å². The van der Waals surface area contributed by atoms with Gasteiger partial charge < -0.3 is 19.8 Å². The van der Waals surface area contributed by atoms with E-state index in [1.807, 2.05) is 29.0 Å². The molecule has 1 aliphatic rings. The topological polar surface area (TPSA) is 118 Å². The number of imidazole rings is 1. The molecule has 0 fully saturated rings. The fraction of sp³-hybridized carbons (Fsp3) is 0.286. The molecule has 0 radical (unpaired) electrons. The van der Waals surface area contributed by atoms with Crippen LogP contribution in [0.15, 0.2) is 40.1 Å². The first-order valence-corrected chi connectivity index (χ1v) is 11.7. The summed E-state index contributed by atoms with van der Waals surface area (Å²) >= 11 is 3.02. The Bertz CT molecular complexity index is 1300. The van der Waals surface area contributed by atoms with Gasteiger partial charge in [0.25, 0.3) is 0 Å². The monoisotopic (exact) mass is 468 g/mol. The van der Waals surface area contributed by atoms with E-state index in [2.05, 4.69) is 15.0 Å². The molecule has 3 aromatic heterocycles. The van der Waals surface area contributed by atoms with Gasteiger partial charge in [0.05, 0.1) is 0 Å². The smallest absolute Gasteiger partial charge is 0.231 e. The summed E-state index contributed by atoms with van der Waals surface area (Å²) in [6.45, 7) is 4.30. The quantitative estimate of drug-likeness (QED) is 0.429. The number of fused-ring (bicyclic) bond motifs is 2. The van der Waals surface area contributed by atoms with Crippen LogP contribution in [0.25, 0.3) is 21.7 Å². The van der Waals surface area contributed by atoms with Crippen molar-refractivity contribution in [3.63, 3.8) is 0 Å². The number of rotatable bonds is 7. The molecule has 0 bridgehead atoms. The van der Waals surface area contributed by atoms with Gasteiger partial charge in [-0.2, -0.15) is 0 Å². The van der Waals surface area contributed by atoms with Gasteiger partial charge in [-0.15, -0.1) is 11.3 Å². The van der Waals surface area contributed by atoms with Gasteiger partial charge in [-0.3, -0.25) is 4.79 Å². The van der Waals surface area contributed by atoms with Gasteiger partial charge in [0.1, 0.15) is 17.1 Å². The zero-order chi connectivity index (χ0) is 22.2. The van der Waals surface area contributed by atoms with Crippen molar-refractivity contribution in [3.05, 3.63) is 30.0 Å². The Hall–Kier alpha value is -3.18. The van der Waals surface area contributed by atoms with Crippen molar-refractivity contribution in [3.8, 4) is 22.1 Å². The molecular weight excluding hydrogens is 448 g/mol. The Labute approximate surface area is 192 Å². The van der Waals surface area contributed by atoms with E-state index in [0.29, 0.717) is 46.6 Å². The van der Waals surface area contributed by atoms with Gasteiger partial charge in [-0.05, 0) is 25.5 Å². The minimum atomic E-state index is -0.0686. The molecule has 0 spiro atoms. The van der Waals surface area contributed by atoms with Crippen LogP contribution in [0.3, 0.4) is 0 Å². The number of aryl methyl sites for hydroxylation is 1. The molecule has 1 aromatic carbocycles. The van der Waals surface area contributed by atoms with Crippen LogP contribution in [0.5, 0.6) is 11.5 Å². The molecule has 0 aliphatic carbocycles. The van der Waals surface area contributed by atoms with Crippen molar-refractivity contribution in [1.82, 2.24) is 24.5 Å². The lowest BCUT2D eigenvalue weighted by atomic mass is 10.0. The summed E-state index contributed by atoms with van der Waals surface area (Å²) in [7, 11) is 0. The van der Waals surface area contributed by atoms with Crippen LogP contribution in [-0.2, 0) is 11.3 Å². The van der Waals surface area contributed by atoms with E-state index < -0.39 is 0 Å². The molecule has 32 heavy (non-hydrogen) atoms. The number of ketones is 1. The molecule has 4 heterocycles. The Morgan fingerprint density at radius 2 is 2.09 bits per heavy atom. The zero-order valence-corrected chi connectivity index (χ0v) is 19.1. The van der Waals surface area contributed by atoms with Crippen LogP contribution < -0.4 is 15.2 Å². The predicted octanol–water partition coefficient (Wildman–Crippen LogP) is 4.03. The largest absolute Gasteiger partial charge is 0.454 e. The maximum atomic E-state index is 11.8. The summed E-state index contributed by atoms with van der Waals surface area (Å²) < 4.78 is 13.2. The summed E-state index contributed by atoms with van der Waals surface area (Å²) in [4.78, 5) is 30.4. The maximum absolute atomic E-state index is 11.8. The molecule has 0 amide bonds. The van der Waals surface area contributed by atoms with E-state index in [4.69, 9.17) is 20.2 Å². The van der Waals surface area contributed by atoms with Crippen molar-refractivity contribution in [1.29, 1.82) is 0 Å². The Morgan fingerprint density at radius 1 is 1.28 bits per heavy atom. The summed E-state index contributed by atoms with van der Waals surface area (Å²) in [6.07, 6.45) is 3.87. The Kier molecular flexibility index (Phi) is 5.43. The second-order valence-corrected chi connectivity index (χ2v) is 9.32. The number of Topliss-reactive ketones (excluding diaryl/α,β-unsaturated/α-hetero) is 1. The lowest BCUT2D eigenvalue weighted by Crippen LogP contribution is -2.11. The predicted molar refractivity (Wildman–Crippen MR) is 122 cm³/mol. The number of nitrogen functional groups attached to an aromatic ring is 1. The molecule has 164 valence electrons. The number of benzene rings is 1. The van der Waals surface area contributed by atoms with E-state index >= 15 is 0 Å². The number of ether oxygens (including phenoxy) is 2. The zero-order valence-electron chi connectivity index (χ0n) is 17.4. The Balaban J connectivity index is 1.59.